The topological polar surface area (TPSA) is 95.2 Å². The van der Waals surface area contributed by atoms with Gasteiger partial charge in [0.2, 0.25) is 0 Å². The molecule has 0 spiro atoms. The first kappa shape index (κ1) is 14.9. The molecule has 0 atom stereocenters. The van der Waals surface area contributed by atoms with Crippen LogP contribution < -0.4 is 16.6 Å². The minimum absolute atomic E-state index is 0.141. The molecule has 2 heterocycles. The standard InChI is InChI=1S/C13H16N4O4/c1-16-10-8(12(19)17(2)13(16)20)4-5-9(15-10)11(18)14-6-7-21-3/h4-5H,6-7H2,1-3H3,(H,14,18). The number of aryl methyl sites for hydroxylation is 1. The molecular weight excluding hydrogens is 276 g/mol. The average Bonchev–Trinajstić information content (AvgIpc) is 2.50. The summed E-state index contributed by atoms with van der Waals surface area (Å²) in [4.78, 5) is 39.9. The smallest absolute Gasteiger partial charge is 0.332 e. The van der Waals surface area contributed by atoms with Crippen LogP contribution in [0.4, 0.5) is 0 Å². The Morgan fingerprint density at radius 3 is 2.67 bits per heavy atom. The molecule has 0 aliphatic carbocycles. The summed E-state index contributed by atoms with van der Waals surface area (Å²) >= 11 is 0. The number of fused-ring (bicyclic) bond motifs is 1. The molecule has 8 nitrogen and oxygen atoms in total. The molecule has 21 heavy (non-hydrogen) atoms. The Hall–Kier alpha value is -2.48. The molecule has 0 saturated heterocycles. The van der Waals surface area contributed by atoms with E-state index in [1.165, 1.54) is 37.9 Å². The Morgan fingerprint density at radius 2 is 2.00 bits per heavy atom. The van der Waals surface area contributed by atoms with Gasteiger partial charge in [-0.15, -0.1) is 0 Å². The predicted octanol–water partition coefficient (Wildman–Crippen LogP) is -0.992. The minimum atomic E-state index is -0.489. The molecule has 0 aromatic carbocycles. The van der Waals surface area contributed by atoms with Gasteiger partial charge in [-0.3, -0.25) is 18.7 Å². The number of nitrogens with one attached hydrogen (secondary N) is 1. The average molecular weight is 292 g/mol. The van der Waals surface area contributed by atoms with Crippen molar-refractivity contribution in [2.75, 3.05) is 20.3 Å². The van der Waals surface area contributed by atoms with Gasteiger partial charge in [-0.1, -0.05) is 0 Å². The minimum Gasteiger partial charge on any atom is -0.383 e. The number of carbonyl (C=O) groups excluding carboxylic acids is 1. The Bertz CT molecular complexity index is 806. The maximum Gasteiger partial charge on any atom is 0.332 e. The van der Waals surface area contributed by atoms with Crippen LogP contribution in [0.2, 0.25) is 0 Å². The first-order valence-electron chi connectivity index (χ1n) is 6.31. The lowest BCUT2D eigenvalue weighted by atomic mass is 10.2. The van der Waals surface area contributed by atoms with Crippen LogP contribution in [-0.4, -0.2) is 40.3 Å². The van der Waals surface area contributed by atoms with Crippen molar-refractivity contribution in [3.05, 3.63) is 38.7 Å². The van der Waals surface area contributed by atoms with E-state index in [-0.39, 0.29) is 22.6 Å². The van der Waals surface area contributed by atoms with E-state index in [0.29, 0.717) is 13.2 Å². The van der Waals surface area contributed by atoms with Crippen LogP contribution in [0.25, 0.3) is 11.0 Å². The van der Waals surface area contributed by atoms with E-state index in [1.807, 2.05) is 0 Å². The lowest BCUT2D eigenvalue weighted by Crippen LogP contribution is -2.37. The second-order valence-corrected chi connectivity index (χ2v) is 4.52. The molecule has 0 bridgehead atoms. The Kier molecular flexibility index (Phi) is 4.18. The lowest BCUT2D eigenvalue weighted by Gasteiger charge is -2.08. The Labute approximate surface area is 120 Å². The fraction of sp³-hybridized carbons (Fsp3) is 0.385. The zero-order valence-electron chi connectivity index (χ0n) is 12.0. The molecule has 2 aromatic heterocycles. The highest BCUT2D eigenvalue weighted by atomic mass is 16.5. The highest BCUT2D eigenvalue weighted by molar-refractivity contribution is 5.94. The van der Waals surface area contributed by atoms with Crippen molar-refractivity contribution in [3.8, 4) is 0 Å². The van der Waals surface area contributed by atoms with Gasteiger partial charge in [0, 0.05) is 27.7 Å². The third-order valence-corrected chi connectivity index (χ3v) is 3.13. The lowest BCUT2D eigenvalue weighted by molar-refractivity contribution is 0.0932. The van der Waals surface area contributed by atoms with Gasteiger partial charge >= 0.3 is 5.69 Å². The van der Waals surface area contributed by atoms with Crippen molar-refractivity contribution in [1.82, 2.24) is 19.4 Å². The molecule has 0 aliphatic heterocycles. The number of pyridine rings is 1. The number of rotatable bonds is 4. The van der Waals surface area contributed by atoms with Gasteiger partial charge < -0.3 is 10.1 Å². The van der Waals surface area contributed by atoms with E-state index < -0.39 is 11.2 Å². The van der Waals surface area contributed by atoms with Crippen LogP contribution in [0.5, 0.6) is 0 Å². The molecule has 112 valence electrons. The number of methoxy groups -OCH3 is 1. The van der Waals surface area contributed by atoms with Crippen LogP contribution in [-0.2, 0) is 18.8 Å². The molecule has 1 N–H and O–H groups in total. The summed E-state index contributed by atoms with van der Waals surface area (Å²) in [6.07, 6.45) is 0. The highest BCUT2D eigenvalue weighted by Gasteiger charge is 2.13. The SMILES string of the molecule is COCCNC(=O)c1ccc2c(=O)n(C)c(=O)n(C)c2n1. The number of nitrogens with zero attached hydrogens (tertiary/aromatic N) is 3. The Morgan fingerprint density at radius 1 is 1.29 bits per heavy atom. The number of hydrogen-bond acceptors (Lipinski definition) is 5. The molecule has 2 rings (SSSR count). The van der Waals surface area contributed by atoms with E-state index in [1.54, 1.807) is 0 Å². The summed E-state index contributed by atoms with van der Waals surface area (Å²) in [6, 6.07) is 2.95. The largest absolute Gasteiger partial charge is 0.383 e. The molecule has 0 saturated carbocycles. The van der Waals surface area contributed by atoms with Crippen LogP contribution in [0, 0.1) is 0 Å². The highest BCUT2D eigenvalue weighted by Crippen LogP contribution is 2.06. The summed E-state index contributed by atoms with van der Waals surface area (Å²) in [5, 5.41) is 2.91. The quantitative estimate of drug-likeness (QED) is 0.730. The molecule has 1 amide bonds. The van der Waals surface area contributed by atoms with E-state index >= 15 is 0 Å². The third-order valence-electron chi connectivity index (χ3n) is 3.13. The van der Waals surface area contributed by atoms with Gasteiger partial charge in [0.05, 0.1) is 12.0 Å². The maximum atomic E-state index is 12.0. The van der Waals surface area contributed by atoms with Gasteiger partial charge in [-0.2, -0.15) is 0 Å². The van der Waals surface area contributed by atoms with Crippen molar-refractivity contribution >= 4 is 16.9 Å². The van der Waals surface area contributed by atoms with Crippen molar-refractivity contribution in [2.45, 2.75) is 0 Å². The van der Waals surface area contributed by atoms with Crippen molar-refractivity contribution < 1.29 is 9.53 Å². The van der Waals surface area contributed by atoms with Gasteiger partial charge in [0.1, 0.15) is 11.3 Å². The molecule has 8 heteroatoms. The van der Waals surface area contributed by atoms with Gasteiger partial charge in [-0.25, -0.2) is 9.78 Å². The normalized spacial score (nSPS) is 10.8. The van der Waals surface area contributed by atoms with Gasteiger partial charge in [0.15, 0.2) is 0 Å². The zero-order valence-corrected chi connectivity index (χ0v) is 12.0. The second kappa shape index (κ2) is 5.88. The molecule has 0 fully saturated rings. The summed E-state index contributed by atoms with van der Waals surface area (Å²) in [5.41, 5.74) is -0.603. The number of hydrogen-bond donors (Lipinski definition) is 1. The Balaban J connectivity index is 2.50. The molecule has 2 aromatic rings. The van der Waals surface area contributed by atoms with Gasteiger partial charge in [0.25, 0.3) is 11.5 Å². The number of amides is 1. The summed E-state index contributed by atoms with van der Waals surface area (Å²) < 4.78 is 7.08. The van der Waals surface area contributed by atoms with E-state index in [2.05, 4.69) is 10.3 Å². The van der Waals surface area contributed by atoms with Crippen LogP contribution in [0.15, 0.2) is 21.7 Å². The fourth-order valence-electron chi connectivity index (χ4n) is 1.94. The summed E-state index contributed by atoms with van der Waals surface area (Å²) in [5.74, 6) is -0.387. The predicted molar refractivity (Wildman–Crippen MR) is 76.4 cm³/mol. The zero-order chi connectivity index (χ0) is 15.6. The summed E-state index contributed by atoms with van der Waals surface area (Å²) in [6.45, 7) is 0.739. The molecule has 0 radical (unpaired) electrons. The van der Waals surface area contributed by atoms with Gasteiger partial charge in [-0.05, 0) is 12.1 Å². The van der Waals surface area contributed by atoms with Crippen LogP contribution >= 0.6 is 0 Å². The summed E-state index contributed by atoms with van der Waals surface area (Å²) in [7, 11) is 4.44. The van der Waals surface area contributed by atoms with E-state index in [0.717, 1.165) is 4.57 Å². The maximum absolute atomic E-state index is 12.0. The fourth-order valence-corrected chi connectivity index (χ4v) is 1.94. The van der Waals surface area contributed by atoms with E-state index in [4.69, 9.17) is 4.74 Å². The second-order valence-electron chi connectivity index (χ2n) is 4.52. The van der Waals surface area contributed by atoms with E-state index in [9.17, 15) is 14.4 Å². The monoisotopic (exact) mass is 292 g/mol. The van der Waals surface area contributed by atoms with Crippen LogP contribution in [0.1, 0.15) is 10.5 Å². The van der Waals surface area contributed by atoms with Crippen molar-refractivity contribution in [2.24, 2.45) is 14.1 Å². The third kappa shape index (κ3) is 2.70. The van der Waals surface area contributed by atoms with Crippen molar-refractivity contribution in [1.29, 1.82) is 0 Å². The first-order chi connectivity index (χ1) is 9.97. The van der Waals surface area contributed by atoms with Crippen molar-refractivity contribution in [3.63, 3.8) is 0 Å². The molecule has 0 aliphatic rings. The molecule has 0 unspecified atom stereocenters. The number of aromatic nitrogens is 3. The molecular formula is C13H16N4O4. The van der Waals surface area contributed by atoms with Crippen LogP contribution in [0.3, 0.4) is 0 Å². The first-order valence-corrected chi connectivity index (χ1v) is 6.31. The number of ether oxygens (including phenoxy) is 1. The number of carbonyl (C=O) groups is 1.